The number of hydrogen-bond donors (Lipinski definition) is 3. The summed E-state index contributed by atoms with van der Waals surface area (Å²) in [5.41, 5.74) is 18.7. The highest BCUT2D eigenvalue weighted by Gasteiger charge is 1.96. The Balaban J connectivity index is 3.03. The highest BCUT2D eigenvalue weighted by Crippen LogP contribution is 2.05. The van der Waals surface area contributed by atoms with E-state index in [0.29, 0.717) is 11.3 Å². The van der Waals surface area contributed by atoms with E-state index >= 15 is 0 Å². The van der Waals surface area contributed by atoms with Gasteiger partial charge in [0, 0.05) is 11.3 Å². The first-order chi connectivity index (χ1) is 5.74. The van der Waals surface area contributed by atoms with Gasteiger partial charge in [-0.2, -0.15) is 5.53 Å². The summed E-state index contributed by atoms with van der Waals surface area (Å²) in [6, 6.07) is 6.93. The van der Waals surface area contributed by atoms with Crippen molar-refractivity contribution in [2.24, 2.45) is 16.1 Å². The molecule has 0 unspecified atom stereocenters. The Labute approximate surface area is 69.6 Å². The summed E-state index contributed by atoms with van der Waals surface area (Å²) in [6.07, 6.45) is 0. The van der Waals surface area contributed by atoms with Crippen LogP contribution in [-0.2, 0) is 0 Å². The summed E-state index contributed by atoms with van der Waals surface area (Å²) < 4.78 is 0. The zero-order valence-electron chi connectivity index (χ0n) is 6.36. The lowest BCUT2D eigenvalue weighted by Gasteiger charge is -1.98. The van der Waals surface area contributed by atoms with E-state index in [1.807, 2.05) is 0 Å². The van der Waals surface area contributed by atoms with Crippen molar-refractivity contribution in [3.8, 4) is 0 Å². The van der Waals surface area contributed by atoms with Crippen LogP contribution in [0, 0.1) is 5.53 Å². The van der Waals surface area contributed by atoms with Crippen LogP contribution in [0.2, 0.25) is 0 Å². The zero-order valence-corrected chi connectivity index (χ0v) is 6.36. The molecule has 0 heterocycles. The topological polar surface area (TPSA) is 101 Å². The van der Waals surface area contributed by atoms with Gasteiger partial charge in [-0.3, -0.25) is 0 Å². The Bertz CT molecular complexity index is 317. The standard InChI is InChI=1S/C7H9N5/c8-6-3-1-2-5(4-6)7(9)11-12-10/h1-4H,8H2,(H3,9,10,11). The van der Waals surface area contributed by atoms with E-state index in [9.17, 15) is 0 Å². The lowest BCUT2D eigenvalue weighted by Crippen LogP contribution is -2.12. The monoisotopic (exact) mass is 163 g/mol. The molecule has 5 heteroatoms. The average Bonchev–Trinajstić information content (AvgIpc) is 2.05. The molecule has 0 saturated heterocycles. The third kappa shape index (κ3) is 1.79. The predicted molar refractivity (Wildman–Crippen MR) is 46.7 cm³/mol. The summed E-state index contributed by atoms with van der Waals surface area (Å²) >= 11 is 0. The molecule has 12 heavy (non-hydrogen) atoms. The van der Waals surface area contributed by atoms with E-state index in [4.69, 9.17) is 17.0 Å². The number of benzene rings is 1. The smallest absolute Gasteiger partial charge is 0.155 e. The van der Waals surface area contributed by atoms with Gasteiger partial charge < -0.3 is 11.5 Å². The van der Waals surface area contributed by atoms with Gasteiger partial charge >= 0.3 is 0 Å². The molecule has 1 aromatic carbocycles. The molecule has 0 aliphatic rings. The lowest BCUT2D eigenvalue weighted by atomic mass is 10.2. The van der Waals surface area contributed by atoms with Crippen molar-refractivity contribution in [3.05, 3.63) is 29.8 Å². The highest BCUT2D eigenvalue weighted by atomic mass is 15.3. The van der Waals surface area contributed by atoms with Crippen LogP contribution in [-0.4, -0.2) is 5.84 Å². The first kappa shape index (κ1) is 8.19. The van der Waals surface area contributed by atoms with Gasteiger partial charge in [0.05, 0.1) is 0 Å². The Kier molecular flexibility index (Phi) is 2.37. The molecule has 1 aromatic rings. The maximum atomic E-state index is 6.46. The van der Waals surface area contributed by atoms with Gasteiger partial charge in [0.2, 0.25) is 0 Å². The number of nitrogens with zero attached hydrogens (tertiary/aromatic N) is 2. The normalized spacial score (nSPS) is 11.2. The minimum atomic E-state index is 0.192. The summed E-state index contributed by atoms with van der Waals surface area (Å²) in [5.74, 6) is 0.192. The van der Waals surface area contributed by atoms with Crippen LogP contribution in [0.25, 0.3) is 0 Å². The molecule has 0 aromatic heterocycles. The molecular weight excluding hydrogens is 154 g/mol. The van der Waals surface area contributed by atoms with E-state index in [1.54, 1.807) is 24.3 Å². The molecule has 0 aliphatic carbocycles. The number of nitrogens with one attached hydrogen (secondary N) is 1. The van der Waals surface area contributed by atoms with Crippen molar-refractivity contribution in [3.63, 3.8) is 0 Å². The molecule has 62 valence electrons. The third-order valence-electron chi connectivity index (χ3n) is 1.34. The molecule has 0 fully saturated rings. The fourth-order valence-electron chi connectivity index (χ4n) is 0.810. The molecule has 1 rings (SSSR count). The van der Waals surface area contributed by atoms with Crippen LogP contribution in [0.5, 0.6) is 0 Å². The first-order valence-electron chi connectivity index (χ1n) is 3.30. The molecule has 0 amide bonds. The maximum Gasteiger partial charge on any atom is 0.155 e. The number of rotatable bonds is 2. The van der Waals surface area contributed by atoms with E-state index in [0.717, 1.165) is 0 Å². The fraction of sp³-hybridized carbons (Fsp3) is 0. The van der Waals surface area contributed by atoms with E-state index in [1.165, 1.54) is 0 Å². The van der Waals surface area contributed by atoms with Gasteiger partial charge in [-0.05, 0) is 12.1 Å². The molecule has 5 N–H and O–H groups in total. The van der Waals surface area contributed by atoms with Crippen LogP contribution in [0.1, 0.15) is 5.56 Å². The van der Waals surface area contributed by atoms with E-state index in [-0.39, 0.29) is 5.84 Å². The second-order valence-electron chi connectivity index (χ2n) is 2.21. The van der Waals surface area contributed by atoms with E-state index in [2.05, 4.69) is 10.3 Å². The Morgan fingerprint density at radius 3 is 2.75 bits per heavy atom. The minimum Gasteiger partial charge on any atom is -0.399 e. The maximum absolute atomic E-state index is 6.46. The number of anilines is 1. The van der Waals surface area contributed by atoms with Crippen molar-refractivity contribution >= 4 is 11.5 Å². The van der Waals surface area contributed by atoms with Crippen molar-refractivity contribution in [1.82, 2.24) is 0 Å². The molecule has 0 atom stereocenters. The summed E-state index contributed by atoms with van der Waals surface area (Å²) in [7, 11) is 0. The van der Waals surface area contributed by atoms with Crippen LogP contribution in [0.4, 0.5) is 5.69 Å². The van der Waals surface area contributed by atoms with Gasteiger partial charge in [0.25, 0.3) is 0 Å². The van der Waals surface area contributed by atoms with Gasteiger partial charge in [0.15, 0.2) is 5.84 Å². The molecule has 0 radical (unpaired) electrons. The molecule has 0 bridgehead atoms. The molecule has 0 saturated carbocycles. The summed E-state index contributed by atoms with van der Waals surface area (Å²) in [5, 5.41) is 6.18. The number of amidine groups is 1. The molecular formula is C7H9N5. The first-order valence-corrected chi connectivity index (χ1v) is 3.30. The van der Waals surface area contributed by atoms with Crippen LogP contribution < -0.4 is 11.5 Å². The van der Waals surface area contributed by atoms with Crippen LogP contribution in [0.15, 0.2) is 34.6 Å². The lowest BCUT2D eigenvalue weighted by molar-refractivity contribution is 0.986. The number of nitrogens with two attached hydrogens (primary N) is 2. The average molecular weight is 163 g/mol. The van der Waals surface area contributed by atoms with Crippen LogP contribution in [0.3, 0.4) is 0 Å². The zero-order chi connectivity index (χ0) is 8.97. The molecule has 5 nitrogen and oxygen atoms in total. The Morgan fingerprint density at radius 2 is 2.17 bits per heavy atom. The Hall–Kier alpha value is -1.91. The summed E-state index contributed by atoms with van der Waals surface area (Å²) in [4.78, 5) is 0. The van der Waals surface area contributed by atoms with Gasteiger partial charge in [0.1, 0.15) is 0 Å². The van der Waals surface area contributed by atoms with Gasteiger partial charge in [-0.1, -0.05) is 17.4 Å². The molecule has 0 spiro atoms. The van der Waals surface area contributed by atoms with Gasteiger partial charge in [-0.25, -0.2) is 0 Å². The Morgan fingerprint density at radius 1 is 1.42 bits per heavy atom. The summed E-state index contributed by atoms with van der Waals surface area (Å²) in [6.45, 7) is 0. The predicted octanol–water partition coefficient (Wildman–Crippen LogP) is 0.920. The van der Waals surface area contributed by atoms with Crippen molar-refractivity contribution in [2.45, 2.75) is 0 Å². The largest absolute Gasteiger partial charge is 0.399 e. The van der Waals surface area contributed by atoms with E-state index < -0.39 is 0 Å². The van der Waals surface area contributed by atoms with Gasteiger partial charge in [-0.15, -0.1) is 5.10 Å². The quantitative estimate of drug-likeness (QED) is 0.198. The fourth-order valence-corrected chi connectivity index (χ4v) is 0.810. The minimum absolute atomic E-state index is 0.192. The SMILES string of the molecule is N=N/N=C(\N)c1cccc(N)c1. The number of nitrogen functional groups attached to an aromatic ring is 1. The van der Waals surface area contributed by atoms with Crippen LogP contribution >= 0.6 is 0 Å². The second kappa shape index (κ2) is 3.47. The molecule has 0 aliphatic heterocycles. The second-order valence-corrected chi connectivity index (χ2v) is 2.21. The highest BCUT2D eigenvalue weighted by molar-refractivity contribution is 5.97. The van der Waals surface area contributed by atoms with Crippen molar-refractivity contribution < 1.29 is 0 Å². The van der Waals surface area contributed by atoms with Crippen molar-refractivity contribution in [1.29, 1.82) is 5.53 Å². The number of hydrogen-bond acceptors (Lipinski definition) is 3. The third-order valence-corrected chi connectivity index (χ3v) is 1.34. The van der Waals surface area contributed by atoms with Crippen molar-refractivity contribution in [2.75, 3.05) is 5.73 Å².